The first-order chi connectivity index (χ1) is 30.4. The summed E-state index contributed by atoms with van der Waals surface area (Å²) >= 11 is 0. The van der Waals surface area contributed by atoms with Gasteiger partial charge >= 0.3 is 5.97 Å². The van der Waals surface area contributed by atoms with Crippen LogP contribution in [0.15, 0.2) is 107 Å². The zero-order valence-corrected chi connectivity index (χ0v) is 34.9. The van der Waals surface area contributed by atoms with Gasteiger partial charge in [0.25, 0.3) is 17.7 Å². The van der Waals surface area contributed by atoms with E-state index in [0.29, 0.717) is 57.6 Å². The van der Waals surface area contributed by atoms with E-state index in [2.05, 4.69) is 77.6 Å². The molecule has 0 saturated carbocycles. The summed E-state index contributed by atoms with van der Waals surface area (Å²) in [6.07, 6.45) is 3.31. The summed E-state index contributed by atoms with van der Waals surface area (Å²) in [7, 11) is 3.04. The van der Waals surface area contributed by atoms with E-state index >= 15 is 0 Å². The quantitative estimate of drug-likeness (QED) is 0.0309. The molecule has 2 aromatic carbocycles. The van der Waals surface area contributed by atoms with Crippen molar-refractivity contribution in [2.45, 2.75) is 27.7 Å². The van der Waals surface area contributed by atoms with E-state index in [1.54, 1.807) is 74.8 Å². The van der Waals surface area contributed by atoms with E-state index in [9.17, 15) is 14.4 Å². The maximum Gasteiger partial charge on any atom is 0.366 e. The molecule has 7 aromatic rings. The van der Waals surface area contributed by atoms with Crippen LogP contribution in [0.1, 0.15) is 55.2 Å². The van der Waals surface area contributed by atoms with Crippen molar-refractivity contribution < 1.29 is 23.7 Å². The number of carbonyl (C=O) groups excluding carboxylic acids is 3. The highest BCUT2D eigenvalue weighted by molar-refractivity contribution is 6.00. The summed E-state index contributed by atoms with van der Waals surface area (Å²) in [6, 6.07) is 24.9. The first-order valence-electron chi connectivity index (χ1n) is 19.0. The molecular weight excluding hydrogens is 809 g/mol. The first-order valence-corrected chi connectivity index (χ1v) is 19.0. The van der Waals surface area contributed by atoms with Crippen LogP contribution in [-0.2, 0) is 4.84 Å². The third-order valence-corrected chi connectivity index (χ3v) is 8.77. The number of hydrogen-bond donors (Lipinski definition) is 7. The number of pyridine rings is 2. The van der Waals surface area contributed by atoms with Crippen LogP contribution in [0.5, 0.6) is 0 Å². The Bertz CT molecular complexity index is 2760. The molecule has 0 aliphatic rings. The lowest BCUT2D eigenvalue weighted by Gasteiger charge is -2.15. The molecule has 0 spiro atoms. The predicted octanol–water partition coefficient (Wildman–Crippen LogP) is 5.86. The number of carbonyl (C=O) groups is 3. The van der Waals surface area contributed by atoms with E-state index < -0.39 is 11.9 Å². The van der Waals surface area contributed by atoms with Gasteiger partial charge in [0, 0.05) is 55.6 Å². The zero-order valence-electron chi connectivity index (χ0n) is 34.9. The van der Waals surface area contributed by atoms with Crippen LogP contribution in [0.4, 0.5) is 46.0 Å². The summed E-state index contributed by atoms with van der Waals surface area (Å²) in [5.74, 6) is 1.65. The molecule has 0 fully saturated rings. The molecule has 2 amide bonds. The highest BCUT2D eigenvalue weighted by atomic mass is 16.7. The van der Waals surface area contributed by atoms with Crippen molar-refractivity contribution >= 4 is 69.6 Å². The number of amidine groups is 1. The van der Waals surface area contributed by atoms with E-state index in [4.69, 9.17) is 15.1 Å². The fourth-order valence-electron chi connectivity index (χ4n) is 5.66. The molecule has 5 aromatic heterocycles. The Balaban J connectivity index is 0.000000210. The molecule has 5 heterocycles. The molecule has 8 N–H and O–H groups in total. The average Bonchev–Trinajstić information content (AvgIpc) is 3.73. The number of amides is 2. The Hall–Kier alpha value is -8.88. The van der Waals surface area contributed by atoms with E-state index in [0.717, 1.165) is 16.8 Å². The van der Waals surface area contributed by atoms with Gasteiger partial charge in [-0.25, -0.2) is 14.8 Å². The third-order valence-electron chi connectivity index (χ3n) is 8.77. The van der Waals surface area contributed by atoms with Gasteiger partial charge in [0.05, 0.1) is 16.9 Å². The zero-order chi connectivity index (χ0) is 44.9. The van der Waals surface area contributed by atoms with Crippen molar-refractivity contribution in [2.75, 3.05) is 35.4 Å². The maximum absolute atomic E-state index is 12.4. The largest absolute Gasteiger partial charge is 0.385 e. The molecule has 320 valence electrons. The molecule has 0 aliphatic heterocycles. The lowest BCUT2D eigenvalue weighted by Crippen LogP contribution is -2.21. The summed E-state index contributed by atoms with van der Waals surface area (Å²) < 4.78 is 5.31. The van der Waals surface area contributed by atoms with Crippen LogP contribution in [0.2, 0.25) is 0 Å². The maximum atomic E-state index is 12.4. The summed E-state index contributed by atoms with van der Waals surface area (Å²) in [5.41, 5.74) is 10.4. The fourth-order valence-corrected chi connectivity index (χ4v) is 5.66. The highest BCUT2D eigenvalue weighted by Crippen LogP contribution is 2.31. The molecule has 0 saturated heterocycles. The Morgan fingerprint density at radius 2 is 1.17 bits per heavy atom. The van der Waals surface area contributed by atoms with Crippen LogP contribution in [0.25, 0.3) is 11.5 Å². The van der Waals surface area contributed by atoms with Gasteiger partial charge in [-0.05, 0) is 87.4 Å². The van der Waals surface area contributed by atoms with Gasteiger partial charge in [-0.2, -0.15) is 4.98 Å². The van der Waals surface area contributed by atoms with Crippen molar-refractivity contribution in [1.29, 1.82) is 0 Å². The number of aryl methyl sites for hydroxylation is 1. The van der Waals surface area contributed by atoms with Gasteiger partial charge in [0.1, 0.15) is 17.5 Å². The van der Waals surface area contributed by atoms with Gasteiger partial charge in [-0.15, -0.1) is 20.4 Å². The molecule has 0 atom stereocenters. The number of nitrogens with two attached hydrogens (primary N) is 1. The van der Waals surface area contributed by atoms with Crippen LogP contribution in [-0.4, -0.2) is 78.2 Å². The second-order valence-corrected chi connectivity index (χ2v) is 13.3. The molecule has 63 heavy (non-hydrogen) atoms. The standard InChI is InChI=1S/C21H22N8O3.C21H20N8O2/c1-12-14(21(31)32-29-13(2)22)7-6-8-15(12)25-16-11-18(26-17-9-4-5-10-24-17)27-28-19(16)20(30)23-3;1-12-14(21-24-13(2)29-31-21)7-6-8-15(12)25-16-11-18(26-17-9-4-5-10-23-17)27-28-19(16)20(30)22-3/h4-11H,1-3H3,(H2,22,29)(H,23,30)(H2,24,25,26,27);4-11H,1-3H3,(H,22,30)(H2,23,25,26,27). The Morgan fingerprint density at radius 3 is 1.65 bits per heavy atom. The topological polar surface area (TPSA) is 287 Å². The smallest absolute Gasteiger partial charge is 0.366 e. The number of aromatic nitrogens is 8. The predicted molar refractivity (Wildman–Crippen MR) is 236 cm³/mol. The third kappa shape index (κ3) is 11.2. The summed E-state index contributed by atoms with van der Waals surface area (Å²) in [6.45, 7) is 6.93. The SMILES string of the molecule is CNC(=O)c1nnc(Nc2ccccn2)cc1Nc1cccc(-c2nc(C)no2)c1C.CNC(=O)c1nnc(Nc2ccccn2)cc1Nc1cccc(C(=O)O/N=C(/C)N)c1C. The number of benzene rings is 2. The average molecular weight is 851 g/mol. The lowest BCUT2D eigenvalue weighted by atomic mass is 10.1. The number of oxime groups is 1. The number of nitrogens with zero attached hydrogens (tertiary/aromatic N) is 9. The summed E-state index contributed by atoms with van der Waals surface area (Å²) in [4.78, 5) is 54.5. The molecule has 0 radical (unpaired) electrons. The van der Waals surface area contributed by atoms with Gasteiger partial charge in [0.2, 0.25) is 0 Å². The molecule has 21 heteroatoms. The molecule has 0 unspecified atom stereocenters. The first kappa shape index (κ1) is 43.7. The minimum absolute atomic E-state index is 0.0785. The minimum Gasteiger partial charge on any atom is -0.385 e. The fraction of sp³-hybridized carbons (Fsp3) is 0.143. The molecule has 0 aliphatic carbocycles. The van der Waals surface area contributed by atoms with E-state index in [-0.39, 0.29) is 28.7 Å². The lowest BCUT2D eigenvalue weighted by molar-refractivity contribution is 0.0514. The molecule has 0 bridgehead atoms. The second-order valence-electron chi connectivity index (χ2n) is 13.3. The number of anilines is 8. The number of nitrogens with one attached hydrogen (secondary N) is 6. The molecular formula is C42H42N16O5. The van der Waals surface area contributed by atoms with Crippen molar-refractivity contribution in [3.63, 3.8) is 0 Å². The van der Waals surface area contributed by atoms with Crippen molar-refractivity contribution in [3.05, 3.63) is 131 Å². The Kier molecular flexibility index (Phi) is 14.1. The number of hydrogen-bond acceptors (Lipinski definition) is 18. The van der Waals surface area contributed by atoms with Crippen molar-refractivity contribution in [3.8, 4) is 11.5 Å². The number of rotatable bonds is 13. The van der Waals surface area contributed by atoms with Gasteiger partial charge < -0.3 is 47.0 Å². The van der Waals surface area contributed by atoms with Crippen molar-refractivity contribution in [2.24, 2.45) is 10.9 Å². The molecule has 21 nitrogen and oxygen atoms in total. The van der Waals surface area contributed by atoms with Gasteiger partial charge in [-0.1, -0.05) is 34.6 Å². The van der Waals surface area contributed by atoms with Crippen LogP contribution in [0, 0.1) is 20.8 Å². The van der Waals surface area contributed by atoms with E-state index in [1.807, 2.05) is 43.3 Å². The normalized spacial score (nSPS) is 10.7. The Labute approximate surface area is 360 Å². The van der Waals surface area contributed by atoms with Crippen molar-refractivity contribution in [1.82, 2.24) is 51.1 Å². The monoisotopic (exact) mass is 850 g/mol. The van der Waals surface area contributed by atoms with Crippen LogP contribution >= 0.6 is 0 Å². The van der Waals surface area contributed by atoms with Gasteiger partial charge in [0.15, 0.2) is 28.8 Å². The summed E-state index contributed by atoms with van der Waals surface area (Å²) in [5, 5.41) is 41.3. The van der Waals surface area contributed by atoms with Crippen LogP contribution in [0.3, 0.4) is 0 Å². The minimum atomic E-state index is -0.659. The van der Waals surface area contributed by atoms with Crippen LogP contribution < -0.4 is 37.6 Å². The van der Waals surface area contributed by atoms with Gasteiger partial charge in [-0.3, -0.25) is 9.59 Å². The molecule has 7 rings (SSSR count). The highest BCUT2D eigenvalue weighted by Gasteiger charge is 2.20. The second kappa shape index (κ2) is 20.4. The van der Waals surface area contributed by atoms with E-state index in [1.165, 1.54) is 21.0 Å². The Morgan fingerprint density at radius 1 is 0.635 bits per heavy atom.